The second kappa shape index (κ2) is 4.98. The molecule has 0 radical (unpaired) electrons. The van der Waals surface area contributed by atoms with E-state index in [9.17, 15) is 10.2 Å². The molecule has 8 heteroatoms. The molecule has 8 nitrogen and oxygen atoms in total. The molecule has 1 saturated heterocycles. The lowest BCUT2D eigenvalue weighted by molar-refractivity contribution is -0.0580. The largest absolute Gasteiger partial charge is 0.394 e. The summed E-state index contributed by atoms with van der Waals surface area (Å²) in [6.45, 7) is -0.284. The molecule has 0 bridgehead atoms. The highest BCUT2D eigenvalue weighted by Gasteiger charge is 2.45. The van der Waals surface area contributed by atoms with Crippen molar-refractivity contribution in [3.05, 3.63) is 18.6 Å². The van der Waals surface area contributed by atoms with Crippen LogP contribution < -0.4 is 5.73 Å². The van der Waals surface area contributed by atoms with E-state index in [0.29, 0.717) is 16.9 Å². The van der Waals surface area contributed by atoms with E-state index in [1.807, 2.05) is 0 Å². The number of rotatable bonds is 3. The first kappa shape index (κ1) is 13.3. The zero-order valence-electron chi connectivity index (χ0n) is 10.9. The molecule has 1 unspecified atom stereocenters. The van der Waals surface area contributed by atoms with Crippen LogP contribution in [0.5, 0.6) is 0 Å². The number of anilines is 1. The summed E-state index contributed by atoms with van der Waals surface area (Å²) in [7, 11) is 1.49. The molecular formula is C12H16N4O4. The number of nitrogens with zero attached hydrogens (tertiary/aromatic N) is 3. The van der Waals surface area contributed by atoms with Gasteiger partial charge in [0.1, 0.15) is 36.1 Å². The van der Waals surface area contributed by atoms with E-state index in [1.165, 1.54) is 13.4 Å². The molecular weight excluding hydrogens is 264 g/mol. The summed E-state index contributed by atoms with van der Waals surface area (Å²) in [4.78, 5) is 8.11. The molecule has 0 amide bonds. The molecule has 1 fully saturated rings. The van der Waals surface area contributed by atoms with Crippen molar-refractivity contribution in [2.24, 2.45) is 0 Å². The van der Waals surface area contributed by atoms with E-state index < -0.39 is 24.5 Å². The molecule has 2 aromatic heterocycles. The highest BCUT2D eigenvalue weighted by Crippen LogP contribution is 2.34. The highest BCUT2D eigenvalue weighted by molar-refractivity contribution is 5.86. The fourth-order valence-corrected chi connectivity index (χ4v) is 2.54. The second-order valence-electron chi connectivity index (χ2n) is 4.66. The van der Waals surface area contributed by atoms with Crippen molar-refractivity contribution in [3.63, 3.8) is 0 Å². The smallest absolute Gasteiger partial charge is 0.164 e. The maximum atomic E-state index is 10.1. The van der Waals surface area contributed by atoms with Crippen LogP contribution in [0.4, 0.5) is 5.82 Å². The average molecular weight is 280 g/mol. The zero-order chi connectivity index (χ0) is 14.3. The van der Waals surface area contributed by atoms with Gasteiger partial charge < -0.3 is 30.0 Å². The molecule has 4 atom stereocenters. The molecule has 3 rings (SSSR count). The second-order valence-corrected chi connectivity index (χ2v) is 4.66. The van der Waals surface area contributed by atoms with E-state index in [1.54, 1.807) is 16.8 Å². The van der Waals surface area contributed by atoms with E-state index in [2.05, 4.69) is 9.97 Å². The van der Waals surface area contributed by atoms with Gasteiger partial charge in [0.25, 0.3) is 0 Å². The highest BCUT2D eigenvalue weighted by atomic mass is 16.6. The fraction of sp³-hybridized carbons (Fsp3) is 0.500. The van der Waals surface area contributed by atoms with Crippen LogP contribution in [-0.2, 0) is 9.47 Å². The zero-order valence-corrected chi connectivity index (χ0v) is 10.9. The molecule has 2 aromatic rings. The number of methoxy groups -OCH3 is 1. The van der Waals surface area contributed by atoms with Crippen LogP contribution in [0.1, 0.15) is 6.23 Å². The van der Waals surface area contributed by atoms with Crippen molar-refractivity contribution in [2.75, 3.05) is 19.5 Å². The van der Waals surface area contributed by atoms with Crippen molar-refractivity contribution in [3.8, 4) is 0 Å². The van der Waals surface area contributed by atoms with Gasteiger partial charge in [-0.1, -0.05) is 0 Å². The van der Waals surface area contributed by atoms with Crippen molar-refractivity contribution < 1.29 is 19.7 Å². The van der Waals surface area contributed by atoms with Gasteiger partial charge in [-0.25, -0.2) is 9.97 Å². The monoisotopic (exact) mass is 280 g/mol. The Bertz CT molecular complexity index is 617. The van der Waals surface area contributed by atoms with Crippen molar-refractivity contribution >= 4 is 16.9 Å². The minimum absolute atomic E-state index is 0.284. The predicted molar refractivity (Wildman–Crippen MR) is 69.7 cm³/mol. The lowest BCUT2D eigenvalue weighted by atomic mass is 10.1. The maximum absolute atomic E-state index is 10.1. The van der Waals surface area contributed by atoms with Crippen molar-refractivity contribution in [1.29, 1.82) is 0 Å². The fourth-order valence-electron chi connectivity index (χ4n) is 2.54. The van der Waals surface area contributed by atoms with Gasteiger partial charge in [0, 0.05) is 13.3 Å². The molecule has 3 heterocycles. The molecule has 1 aliphatic heterocycles. The first-order valence-electron chi connectivity index (χ1n) is 6.21. The quantitative estimate of drug-likeness (QED) is 0.679. The molecule has 1 aliphatic rings. The van der Waals surface area contributed by atoms with Gasteiger partial charge >= 0.3 is 0 Å². The predicted octanol–water partition coefficient (Wildman–Crippen LogP) is -0.721. The van der Waals surface area contributed by atoms with Crippen LogP contribution in [0.2, 0.25) is 0 Å². The van der Waals surface area contributed by atoms with E-state index in [4.69, 9.17) is 15.2 Å². The summed E-state index contributed by atoms with van der Waals surface area (Å²) < 4.78 is 12.7. The molecule has 0 saturated carbocycles. The Morgan fingerprint density at radius 1 is 1.50 bits per heavy atom. The summed E-state index contributed by atoms with van der Waals surface area (Å²) in [6.07, 6.45) is 0.329. The third-order valence-electron chi connectivity index (χ3n) is 3.58. The SMILES string of the molecule is COC1[C@@H](O)[C@@H](CO)O[C@H]1n1ccc2c(N)ncnc21. The minimum atomic E-state index is -0.911. The summed E-state index contributed by atoms with van der Waals surface area (Å²) >= 11 is 0. The number of aliphatic hydroxyl groups excluding tert-OH is 2. The Morgan fingerprint density at radius 2 is 2.30 bits per heavy atom. The van der Waals surface area contributed by atoms with Gasteiger partial charge in [-0.05, 0) is 6.07 Å². The number of nitrogens with two attached hydrogens (primary N) is 1. The van der Waals surface area contributed by atoms with Crippen LogP contribution in [0.3, 0.4) is 0 Å². The van der Waals surface area contributed by atoms with Gasteiger partial charge in [0.2, 0.25) is 0 Å². The molecule has 0 spiro atoms. The number of hydrogen-bond acceptors (Lipinski definition) is 7. The molecule has 0 aromatic carbocycles. The summed E-state index contributed by atoms with van der Waals surface area (Å²) in [5, 5.41) is 20.0. The Hall–Kier alpha value is -1.74. The van der Waals surface area contributed by atoms with Gasteiger partial charge in [0.15, 0.2) is 6.23 Å². The number of aliphatic hydroxyl groups is 2. The molecule has 0 aliphatic carbocycles. The number of nitrogen functional groups attached to an aromatic ring is 1. The van der Waals surface area contributed by atoms with Crippen molar-refractivity contribution in [2.45, 2.75) is 24.5 Å². The number of ether oxygens (including phenoxy) is 2. The van der Waals surface area contributed by atoms with Gasteiger partial charge in [-0.3, -0.25) is 0 Å². The van der Waals surface area contributed by atoms with Crippen molar-refractivity contribution in [1.82, 2.24) is 14.5 Å². The minimum Gasteiger partial charge on any atom is -0.394 e. The number of hydrogen-bond donors (Lipinski definition) is 3. The maximum Gasteiger partial charge on any atom is 0.164 e. The Kier molecular flexibility index (Phi) is 3.30. The summed E-state index contributed by atoms with van der Waals surface area (Å²) in [6, 6.07) is 1.78. The van der Waals surface area contributed by atoms with Crippen LogP contribution >= 0.6 is 0 Å². The average Bonchev–Trinajstić information content (AvgIpc) is 3.00. The normalized spacial score (nSPS) is 30.1. The topological polar surface area (TPSA) is 116 Å². The molecule has 20 heavy (non-hydrogen) atoms. The molecule has 108 valence electrons. The Balaban J connectivity index is 2.04. The Labute approximate surface area is 114 Å². The van der Waals surface area contributed by atoms with Gasteiger partial charge in [-0.2, -0.15) is 0 Å². The summed E-state index contributed by atoms with van der Waals surface area (Å²) in [5.74, 6) is 0.375. The first-order valence-corrected chi connectivity index (χ1v) is 6.21. The number of aromatic nitrogens is 3. The third-order valence-corrected chi connectivity index (χ3v) is 3.58. The van der Waals surface area contributed by atoms with Crippen LogP contribution in [0.25, 0.3) is 11.0 Å². The van der Waals surface area contributed by atoms with Gasteiger partial charge in [-0.15, -0.1) is 0 Å². The van der Waals surface area contributed by atoms with Crippen LogP contribution in [0, 0.1) is 0 Å². The lowest BCUT2D eigenvalue weighted by Gasteiger charge is -2.20. The standard InChI is InChI=1S/C12H16N4O4/c1-19-9-8(18)7(4-17)20-12(9)16-3-2-6-10(13)14-5-15-11(6)16/h2-3,5,7-9,12,17-18H,4H2,1H3,(H2,13,14,15)/t7-,8+,9?,12-/m1/s1. The van der Waals surface area contributed by atoms with E-state index in [0.717, 1.165) is 0 Å². The number of fused-ring (bicyclic) bond motifs is 1. The lowest BCUT2D eigenvalue weighted by Crippen LogP contribution is -2.34. The van der Waals surface area contributed by atoms with Crippen LogP contribution in [-0.4, -0.2) is 56.8 Å². The first-order chi connectivity index (χ1) is 9.67. The molecule has 4 N–H and O–H groups in total. The Morgan fingerprint density at radius 3 is 3.00 bits per heavy atom. The van der Waals surface area contributed by atoms with Gasteiger partial charge in [0.05, 0.1) is 12.0 Å². The third kappa shape index (κ3) is 1.85. The summed E-state index contributed by atoms with van der Waals surface area (Å²) in [5.41, 5.74) is 6.38. The van der Waals surface area contributed by atoms with E-state index in [-0.39, 0.29) is 6.61 Å². The van der Waals surface area contributed by atoms with Crippen LogP contribution in [0.15, 0.2) is 18.6 Å². The van der Waals surface area contributed by atoms with E-state index >= 15 is 0 Å².